The number of anilines is 1. The topological polar surface area (TPSA) is 19.4 Å². The Morgan fingerprint density at radius 3 is 2.62 bits per heavy atom. The summed E-state index contributed by atoms with van der Waals surface area (Å²) in [7, 11) is 0. The lowest BCUT2D eigenvalue weighted by atomic mass is 10.2. The highest BCUT2D eigenvalue weighted by Crippen LogP contribution is 2.18. The number of hydrogen-bond acceptors (Lipinski definition) is 3. The fraction of sp³-hybridized carbons (Fsp3) is 0.312. The van der Waals surface area contributed by atoms with Crippen LogP contribution >= 0.6 is 11.6 Å². The van der Waals surface area contributed by atoms with Crippen molar-refractivity contribution in [3.63, 3.8) is 0 Å². The predicted octanol–water partition coefficient (Wildman–Crippen LogP) is 3.20. The molecule has 0 saturated carbocycles. The lowest BCUT2D eigenvalue weighted by molar-refractivity contribution is 0.250. The van der Waals surface area contributed by atoms with E-state index < -0.39 is 5.95 Å². The van der Waals surface area contributed by atoms with Crippen LogP contribution in [0.4, 0.5) is 10.1 Å². The lowest BCUT2D eigenvalue weighted by Crippen LogP contribution is -2.46. The van der Waals surface area contributed by atoms with Crippen molar-refractivity contribution in [2.75, 3.05) is 31.1 Å². The minimum atomic E-state index is -0.422. The van der Waals surface area contributed by atoms with Gasteiger partial charge >= 0.3 is 0 Å². The van der Waals surface area contributed by atoms with E-state index in [0.717, 1.165) is 43.4 Å². The Bertz CT molecular complexity index is 612. The maximum atomic E-state index is 13.2. The molecule has 1 saturated heterocycles. The van der Waals surface area contributed by atoms with E-state index in [2.05, 4.69) is 20.9 Å². The first kappa shape index (κ1) is 14.3. The van der Waals surface area contributed by atoms with E-state index in [1.54, 1.807) is 0 Å². The maximum Gasteiger partial charge on any atom is 0.214 e. The number of piperazine rings is 1. The van der Waals surface area contributed by atoms with Crippen LogP contribution in [0.1, 0.15) is 5.56 Å². The second-order valence-corrected chi connectivity index (χ2v) is 5.67. The molecule has 2 aromatic rings. The zero-order chi connectivity index (χ0) is 14.7. The zero-order valence-electron chi connectivity index (χ0n) is 11.7. The highest BCUT2D eigenvalue weighted by atomic mass is 35.5. The molecule has 0 aliphatic carbocycles. The van der Waals surface area contributed by atoms with Gasteiger partial charge in [-0.2, -0.15) is 4.39 Å². The molecule has 1 aliphatic rings. The van der Waals surface area contributed by atoms with Crippen molar-refractivity contribution in [3.8, 4) is 0 Å². The molecular weight excluding hydrogens is 289 g/mol. The third-order valence-corrected chi connectivity index (χ3v) is 3.98. The van der Waals surface area contributed by atoms with E-state index in [1.165, 1.54) is 17.8 Å². The molecule has 110 valence electrons. The smallest absolute Gasteiger partial charge is 0.214 e. The van der Waals surface area contributed by atoms with Crippen LogP contribution in [0.3, 0.4) is 0 Å². The second-order valence-electron chi connectivity index (χ2n) is 5.23. The molecule has 21 heavy (non-hydrogen) atoms. The predicted molar refractivity (Wildman–Crippen MR) is 83.1 cm³/mol. The van der Waals surface area contributed by atoms with Gasteiger partial charge in [-0.25, -0.2) is 4.98 Å². The molecule has 0 amide bonds. The van der Waals surface area contributed by atoms with Gasteiger partial charge in [-0.3, -0.25) is 4.90 Å². The van der Waals surface area contributed by atoms with Crippen molar-refractivity contribution in [2.24, 2.45) is 0 Å². The van der Waals surface area contributed by atoms with E-state index in [9.17, 15) is 4.39 Å². The first-order chi connectivity index (χ1) is 10.2. The number of benzene rings is 1. The molecule has 1 aromatic heterocycles. The van der Waals surface area contributed by atoms with Crippen molar-refractivity contribution in [1.82, 2.24) is 9.88 Å². The maximum absolute atomic E-state index is 13.2. The molecule has 0 bridgehead atoms. The summed E-state index contributed by atoms with van der Waals surface area (Å²) in [6.45, 7) is 4.60. The van der Waals surface area contributed by atoms with Gasteiger partial charge in [0.1, 0.15) is 0 Å². The van der Waals surface area contributed by atoms with E-state index in [1.807, 2.05) is 24.3 Å². The van der Waals surface area contributed by atoms with Gasteiger partial charge in [0.05, 0.1) is 0 Å². The van der Waals surface area contributed by atoms with Crippen LogP contribution in [0.2, 0.25) is 5.02 Å². The average Bonchev–Trinajstić information content (AvgIpc) is 2.48. The van der Waals surface area contributed by atoms with Gasteiger partial charge < -0.3 is 4.90 Å². The molecule has 0 atom stereocenters. The Balaban J connectivity index is 1.58. The zero-order valence-corrected chi connectivity index (χ0v) is 12.4. The fourth-order valence-corrected chi connectivity index (χ4v) is 2.86. The summed E-state index contributed by atoms with van der Waals surface area (Å²) >= 11 is 6.01. The summed E-state index contributed by atoms with van der Waals surface area (Å²) in [6, 6.07) is 11.3. The minimum absolute atomic E-state index is 0.422. The normalized spacial score (nSPS) is 16.2. The Morgan fingerprint density at radius 1 is 1.10 bits per heavy atom. The van der Waals surface area contributed by atoms with Crippen molar-refractivity contribution in [1.29, 1.82) is 0 Å². The van der Waals surface area contributed by atoms with Crippen LogP contribution < -0.4 is 4.90 Å². The van der Waals surface area contributed by atoms with Crippen LogP contribution in [-0.2, 0) is 6.54 Å². The molecule has 5 heteroatoms. The monoisotopic (exact) mass is 305 g/mol. The number of aromatic nitrogens is 1. The molecule has 3 nitrogen and oxygen atoms in total. The van der Waals surface area contributed by atoms with Gasteiger partial charge in [0, 0.05) is 55.7 Å². The molecule has 1 fully saturated rings. The van der Waals surface area contributed by atoms with Gasteiger partial charge in [0.15, 0.2) is 0 Å². The van der Waals surface area contributed by atoms with Crippen LogP contribution in [0, 0.1) is 5.95 Å². The molecule has 3 rings (SSSR count). The van der Waals surface area contributed by atoms with Crippen molar-refractivity contribution < 1.29 is 4.39 Å². The summed E-state index contributed by atoms with van der Waals surface area (Å²) in [5.74, 6) is -0.422. The number of nitrogens with zero attached hydrogens (tertiary/aromatic N) is 3. The summed E-state index contributed by atoms with van der Waals surface area (Å²) in [4.78, 5) is 8.18. The number of halogens is 2. The Hall–Kier alpha value is -1.65. The largest absolute Gasteiger partial charge is 0.369 e. The Labute approximate surface area is 129 Å². The SMILES string of the molecule is Fc1cc(N2CCN(Cc3cccc(Cl)c3)CC2)ccn1. The first-order valence-corrected chi connectivity index (χ1v) is 7.42. The number of rotatable bonds is 3. The lowest BCUT2D eigenvalue weighted by Gasteiger charge is -2.36. The molecule has 2 heterocycles. The van der Waals surface area contributed by atoms with Crippen LogP contribution in [-0.4, -0.2) is 36.1 Å². The molecule has 1 aromatic carbocycles. The van der Waals surface area contributed by atoms with E-state index >= 15 is 0 Å². The quantitative estimate of drug-likeness (QED) is 0.812. The summed E-state index contributed by atoms with van der Waals surface area (Å²) in [5, 5.41) is 0.776. The minimum Gasteiger partial charge on any atom is -0.369 e. The van der Waals surface area contributed by atoms with E-state index in [0.29, 0.717) is 0 Å². The van der Waals surface area contributed by atoms with Gasteiger partial charge in [0.2, 0.25) is 5.95 Å². The average molecular weight is 306 g/mol. The standard InChI is InChI=1S/C16H17ClFN3/c17-14-3-1-2-13(10-14)12-20-6-8-21(9-7-20)15-4-5-19-16(18)11-15/h1-5,10-11H,6-9,12H2. The highest BCUT2D eigenvalue weighted by molar-refractivity contribution is 6.30. The first-order valence-electron chi connectivity index (χ1n) is 7.04. The van der Waals surface area contributed by atoms with Crippen LogP contribution in [0.15, 0.2) is 42.6 Å². The Morgan fingerprint density at radius 2 is 1.90 bits per heavy atom. The van der Waals surface area contributed by atoms with E-state index in [4.69, 9.17) is 11.6 Å². The molecule has 1 aliphatic heterocycles. The molecule has 0 N–H and O–H groups in total. The number of pyridine rings is 1. The molecule has 0 spiro atoms. The summed E-state index contributed by atoms with van der Waals surface area (Å²) < 4.78 is 13.2. The van der Waals surface area contributed by atoms with Crippen molar-refractivity contribution >= 4 is 17.3 Å². The van der Waals surface area contributed by atoms with Gasteiger partial charge in [-0.15, -0.1) is 0 Å². The molecular formula is C16H17ClFN3. The summed E-state index contributed by atoms with van der Waals surface area (Å²) in [5.41, 5.74) is 2.14. The van der Waals surface area contributed by atoms with Gasteiger partial charge in [-0.1, -0.05) is 23.7 Å². The second kappa shape index (κ2) is 6.41. The fourth-order valence-electron chi connectivity index (χ4n) is 2.65. The summed E-state index contributed by atoms with van der Waals surface area (Å²) in [6.07, 6.45) is 1.52. The van der Waals surface area contributed by atoms with E-state index in [-0.39, 0.29) is 0 Å². The third kappa shape index (κ3) is 3.71. The Kier molecular flexibility index (Phi) is 4.36. The van der Waals surface area contributed by atoms with Gasteiger partial charge in [0.25, 0.3) is 0 Å². The van der Waals surface area contributed by atoms with Crippen molar-refractivity contribution in [2.45, 2.75) is 6.54 Å². The van der Waals surface area contributed by atoms with Crippen LogP contribution in [0.5, 0.6) is 0 Å². The molecule has 0 radical (unpaired) electrons. The van der Waals surface area contributed by atoms with Crippen LogP contribution in [0.25, 0.3) is 0 Å². The highest BCUT2D eigenvalue weighted by Gasteiger charge is 2.17. The number of hydrogen-bond donors (Lipinski definition) is 0. The molecule has 0 unspecified atom stereocenters. The third-order valence-electron chi connectivity index (χ3n) is 3.74. The van der Waals surface area contributed by atoms with Crippen molar-refractivity contribution in [3.05, 3.63) is 59.1 Å². The van der Waals surface area contributed by atoms with Gasteiger partial charge in [-0.05, 0) is 23.8 Å².